The summed E-state index contributed by atoms with van der Waals surface area (Å²) in [7, 11) is -1.42. The summed E-state index contributed by atoms with van der Waals surface area (Å²) >= 11 is 0. The second-order valence-electron chi connectivity index (χ2n) is 6.25. The molecular weight excluding hydrogens is 344 g/mol. The molecule has 3 aromatic heterocycles. The Morgan fingerprint density at radius 2 is 2.16 bits per heavy atom. The Balaban J connectivity index is 1.76. The van der Waals surface area contributed by atoms with E-state index in [0.29, 0.717) is 23.1 Å². The monoisotopic (exact) mass is 360 g/mol. The molecule has 8 nitrogen and oxygen atoms in total. The van der Waals surface area contributed by atoms with Gasteiger partial charge in [-0.25, -0.2) is 13.4 Å². The Hall–Kier alpha value is -2.68. The normalized spacial score (nSPS) is 19.5. The fourth-order valence-corrected chi connectivity index (χ4v) is 4.88. The number of aryl methyl sites for hydroxylation is 1. The van der Waals surface area contributed by atoms with Gasteiger partial charge in [0.1, 0.15) is 17.0 Å². The Bertz CT molecular complexity index is 1180. The van der Waals surface area contributed by atoms with Gasteiger partial charge in [0.2, 0.25) is 0 Å². The van der Waals surface area contributed by atoms with Gasteiger partial charge in [0.25, 0.3) is 11.5 Å². The molecule has 1 amide bonds. The third-order valence-electron chi connectivity index (χ3n) is 4.51. The number of fused-ring (bicyclic) bond motifs is 2. The van der Waals surface area contributed by atoms with E-state index in [9.17, 15) is 18.0 Å². The van der Waals surface area contributed by atoms with E-state index in [2.05, 4.69) is 10.3 Å². The summed E-state index contributed by atoms with van der Waals surface area (Å²) in [5, 5.41) is 3.08. The first-order valence-electron chi connectivity index (χ1n) is 7.84. The van der Waals surface area contributed by atoms with Crippen molar-refractivity contribution < 1.29 is 13.2 Å². The first-order valence-corrected chi connectivity index (χ1v) is 9.66. The zero-order chi connectivity index (χ0) is 17.8. The van der Waals surface area contributed by atoms with E-state index in [-0.39, 0.29) is 22.8 Å². The quantitative estimate of drug-likeness (QED) is 0.698. The van der Waals surface area contributed by atoms with Crippen molar-refractivity contribution in [3.8, 4) is 0 Å². The lowest BCUT2D eigenvalue weighted by atomic mass is 10.2. The number of rotatable bonds is 2. The fourth-order valence-electron chi connectivity index (χ4n) is 3.21. The third kappa shape index (κ3) is 2.60. The zero-order valence-corrected chi connectivity index (χ0v) is 14.3. The maximum absolute atomic E-state index is 12.6. The number of sulfone groups is 1. The van der Waals surface area contributed by atoms with E-state index in [1.807, 2.05) is 0 Å². The smallest absolute Gasteiger partial charge is 0.268 e. The van der Waals surface area contributed by atoms with Gasteiger partial charge < -0.3 is 9.88 Å². The fraction of sp³-hybridized carbons (Fsp3) is 0.312. The minimum absolute atomic E-state index is 0.0481. The lowest BCUT2D eigenvalue weighted by molar-refractivity contribution is 0.0933. The van der Waals surface area contributed by atoms with Crippen LogP contribution in [0.3, 0.4) is 0 Å². The molecule has 0 spiro atoms. The number of carbonyl (C=O) groups excluding carboxylic acids is 1. The highest BCUT2D eigenvalue weighted by Gasteiger charge is 2.30. The number of pyridine rings is 1. The average molecular weight is 360 g/mol. The molecule has 0 aromatic carbocycles. The second kappa shape index (κ2) is 5.41. The predicted octanol–water partition coefficient (Wildman–Crippen LogP) is 0.103. The minimum atomic E-state index is -3.08. The highest BCUT2D eigenvalue weighted by molar-refractivity contribution is 7.91. The molecule has 0 saturated carbocycles. The molecule has 1 atom stereocenters. The molecule has 4 rings (SSSR count). The molecule has 1 N–H and O–H groups in total. The summed E-state index contributed by atoms with van der Waals surface area (Å²) in [6.07, 6.45) is 2.03. The number of amides is 1. The molecule has 1 aliphatic heterocycles. The molecule has 0 bridgehead atoms. The second-order valence-corrected chi connectivity index (χ2v) is 8.47. The van der Waals surface area contributed by atoms with Gasteiger partial charge in [-0.3, -0.25) is 14.0 Å². The summed E-state index contributed by atoms with van der Waals surface area (Å²) in [6.45, 7) is 0. The summed E-state index contributed by atoms with van der Waals surface area (Å²) in [6, 6.07) is 6.34. The first-order chi connectivity index (χ1) is 11.9. The summed E-state index contributed by atoms with van der Waals surface area (Å²) in [5.41, 5.74) is 0.939. The largest absolute Gasteiger partial charge is 0.347 e. The van der Waals surface area contributed by atoms with Crippen LogP contribution in [0.25, 0.3) is 16.7 Å². The van der Waals surface area contributed by atoms with E-state index in [1.165, 1.54) is 10.5 Å². The van der Waals surface area contributed by atoms with Crippen molar-refractivity contribution >= 4 is 32.4 Å². The van der Waals surface area contributed by atoms with Crippen LogP contribution in [-0.2, 0) is 16.9 Å². The Labute approximate surface area is 143 Å². The number of nitrogens with zero attached hydrogens (tertiary/aromatic N) is 3. The Kier molecular flexibility index (Phi) is 3.43. The summed E-state index contributed by atoms with van der Waals surface area (Å²) in [5.74, 6) is -0.370. The molecule has 1 saturated heterocycles. The Morgan fingerprint density at radius 3 is 2.88 bits per heavy atom. The van der Waals surface area contributed by atoms with Gasteiger partial charge >= 0.3 is 0 Å². The number of aromatic nitrogens is 3. The van der Waals surface area contributed by atoms with Crippen LogP contribution in [0.15, 0.2) is 35.3 Å². The van der Waals surface area contributed by atoms with Crippen LogP contribution < -0.4 is 10.9 Å². The first kappa shape index (κ1) is 15.8. The third-order valence-corrected chi connectivity index (χ3v) is 6.28. The maximum Gasteiger partial charge on any atom is 0.268 e. The van der Waals surface area contributed by atoms with Crippen molar-refractivity contribution in [3.05, 3.63) is 46.5 Å². The van der Waals surface area contributed by atoms with E-state index in [4.69, 9.17) is 0 Å². The van der Waals surface area contributed by atoms with Crippen LogP contribution >= 0.6 is 0 Å². The number of nitrogens with one attached hydrogen (secondary N) is 1. The molecule has 1 aliphatic rings. The predicted molar refractivity (Wildman–Crippen MR) is 92.5 cm³/mol. The van der Waals surface area contributed by atoms with Crippen LogP contribution in [-0.4, -0.2) is 45.8 Å². The van der Waals surface area contributed by atoms with Crippen LogP contribution in [0.1, 0.15) is 16.9 Å². The van der Waals surface area contributed by atoms with Crippen LogP contribution in [0, 0.1) is 0 Å². The molecule has 0 radical (unpaired) electrons. The van der Waals surface area contributed by atoms with Crippen molar-refractivity contribution in [3.63, 3.8) is 0 Å². The zero-order valence-electron chi connectivity index (χ0n) is 13.5. The van der Waals surface area contributed by atoms with Gasteiger partial charge in [0, 0.05) is 19.3 Å². The van der Waals surface area contributed by atoms with Gasteiger partial charge in [-0.1, -0.05) is 6.07 Å². The van der Waals surface area contributed by atoms with Crippen molar-refractivity contribution in [2.75, 3.05) is 11.5 Å². The highest BCUT2D eigenvalue weighted by Crippen LogP contribution is 2.16. The van der Waals surface area contributed by atoms with Crippen molar-refractivity contribution in [2.24, 2.45) is 7.05 Å². The van der Waals surface area contributed by atoms with Crippen molar-refractivity contribution in [1.29, 1.82) is 0 Å². The van der Waals surface area contributed by atoms with Crippen molar-refractivity contribution in [1.82, 2.24) is 19.3 Å². The lowest BCUT2D eigenvalue weighted by Crippen LogP contribution is -2.36. The number of hydrogen-bond donors (Lipinski definition) is 1. The van der Waals surface area contributed by atoms with Crippen LogP contribution in [0.2, 0.25) is 0 Å². The summed E-state index contributed by atoms with van der Waals surface area (Å²) < 4.78 is 26.1. The molecule has 3 aromatic rings. The van der Waals surface area contributed by atoms with Gasteiger partial charge in [-0.05, 0) is 24.6 Å². The summed E-state index contributed by atoms with van der Waals surface area (Å²) in [4.78, 5) is 29.6. The number of carbonyl (C=O) groups is 1. The molecule has 25 heavy (non-hydrogen) atoms. The molecule has 9 heteroatoms. The van der Waals surface area contributed by atoms with Gasteiger partial charge in [0.05, 0.1) is 16.9 Å². The highest BCUT2D eigenvalue weighted by atomic mass is 32.2. The van der Waals surface area contributed by atoms with Gasteiger partial charge in [0.15, 0.2) is 9.84 Å². The molecule has 0 unspecified atom stereocenters. The van der Waals surface area contributed by atoms with Gasteiger partial charge in [-0.2, -0.15) is 0 Å². The molecule has 4 heterocycles. The average Bonchev–Trinajstić information content (AvgIpc) is 3.08. The Morgan fingerprint density at radius 1 is 1.36 bits per heavy atom. The molecule has 130 valence electrons. The van der Waals surface area contributed by atoms with Gasteiger partial charge in [-0.15, -0.1) is 0 Å². The van der Waals surface area contributed by atoms with Crippen LogP contribution in [0.4, 0.5) is 0 Å². The van der Waals surface area contributed by atoms with Crippen molar-refractivity contribution in [2.45, 2.75) is 12.5 Å². The van der Waals surface area contributed by atoms with E-state index in [1.54, 1.807) is 36.0 Å². The molecule has 1 fully saturated rings. The van der Waals surface area contributed by atoms with E-state index in [0.717, 1.165) is 0 Å². The minimum Gasteiger partial charge on any atom is -0.347 e. The molecule has 0 aliphatic carbocycles. The number of hydrogen-bond acceptors (Lipinski definition) is 5. The van der Waals surface area contributed by atoms with E-state index < -0.39 is 21.8 Å². The SMILES string of the molecule is Cn1c(C(=O)N[C@@H]2CCS(=O)(=O)C2)cc2c(=O)n3ccccc3nc21. The topological polar surface area (TPSA) is 103 Å². The van der Waals surface area contributed by atoms with E-state index >= 15 is 0 Å². The standard InChI is InChI=1S/C16H16N4O4S/c1-19-12(15(21)17-10-5-7-25(23,24)9-10)8-11-14(19)18-13-4-2-3-6-20(13)16(11)22/h2-4,6,8,10H,5,7,9H2,1H3,(H,17,21)/t10-/m1/s1. The lowest BCUT2D eigenvalue weighted by Gasteiger charge is -2.11. The maximum atomic E-state index is 12.6. The molecular formula is C16H16N4O4S. The van der Waals surface area contributed by atoms with Crippen LogP contribution in [0.5, 0.6) is 0 Å².